The molecule has 0 aliphatic rings. The molecule has 0 radical (unpaired) electrons. The van der Waals surface area contributed by atoms with Gasteiger partial charge in [0.1, 0.15) is 11.4 Å². The van der Waals surface area contributed by atoms with Crippen LogP contribution in [0.15, 0.2) is 90.0 Å². The highest BCUT2D eigenvalue weighted by molar-refractivity contribution is 14.1. The molecule has 0 bridgehead atoms. The summed E-state index contributed by atoms with van der Waals surface area (Å²) in [6.07, 6.45) is 0. The first kappa shape index (κ1) is 26.0. The van der Waals surface area contributed by atoms with Crippen molar-refractivity contribution < 1.29 is 14.8 Å². The van der Waals surface area contributed by atoms with Crippen molar-refractivity contribution in [3.8, 4) is 0 Å². The van der Waals surface area contributed by atoms with Crippen molar-refractivity contribution in [2.24, 2.45) is 10.8 Å². The Labute approximate surface area is 229 Å². The molecule has 0 aliphatic carbocycles. The number of thioether (sulfide) groups is 1. The largest absolute Gasteiger partial charge is 0.307 e. The molecule has 0 saturated carbocycles. The third-order valence-electron chi connectivity index (χ3n) is 5.29. The van der Waals surface area contributed by atoms with Crippen LogP contribution in [0.5, 0.6) is 0 Å². The van der Waals surface area contributed by atoms with E-state index in [0.29, 0.717) is 16.6 Å². The minimum Gasteiger partial charge on any atom is -0.281 e. The molecular formula is C25H20IN6O4S+. The maximum absolute atomic E-state index is 11.5. The number of benzene rings is 4. The molecule has 0 heterocycles. The first-order valence-electron chi connectivity index (χ1n) is 10.8. The number of non-ortho nitro benzene ring substituents is 1. The average molecular weight is 627 g/mol. The number of hydrogen-bond acceptors (Lipinski definition) is 7. The van der Waals surface area contributed by atoms with Crippen molar-refractivity contribution in [2.75, 3.05) is 11.2 Å². The van der Waals surface area contributed by atoms with Crippen LogP contribution in [0.4, 0.5) is 22.7 Å². The number of halogens is 1. The van der Waals surface area contributed by atoms with Crippen LogP contribution in [0, 0.1) is 23.8 Å². The van der Waals surface area contributed by atoms with Crippen molar-refractivity contribution in [1.82, 2.24) is 0 Å². The Hall–Kier alpha value is -4.04. The summed E-state index contributed by atoms with van der Waals surface area (Å²) < 4.78 is 1.04. The second-order valence-electron chi connectivity index (χ2n) is 7.70. The summed E-state index contributed by atoms with van der Waals surface area (Å²) in [5, 5.41) is 29.5. The smallest absolute Gasteiger partial charge is 0.281 e. The normalized spacial score (nSPS) is 11.9. The molecule has 10 nitrogen and oxygen atoms in total. The van der Waals surface area contributed by atoms with Crippen LogP contribution in [-0.2, 0) is 0 Å². The molecule has 0 saturated heterocycles. The molecule has 4 rings (SSSR count). The zero-order chi connectivity index (χ0) is 26.4. The average Bonchev–Trinajstić information content (AvgIpc) is 2.89. The molecule has 0 atom stereocenters. The van der Waals surface area contributed by atoms with Crippen LogP contribution in [0.3, 0.4) is 0 Å². The van der Waals surface area contributed by atoms with Gasteiger partial charge >= 0.3 is 10.9 Å². The Balaban J connectivity index is 1.61. The van der Waals surface area contributed by atoms with Crippen molar-refractivity contribution in [1.29, 1.82) is 0 Å². The van der Waals surface area contributed by atoms with E-state index in [0.717, 1.165) is 31.7 Å². The molecular weight excluding hydrogens is 607 g/mol. The fourth-order valence-corrected chi connectivity index (χ4v) is 4.54. The lowest BCUT2D eigenvalue weighted by molar-refractivity contribution is -0.393. The molecule has 0 fully saturated rings. The number of fused-ring (bicyclic) bond motifs is 1. The molecule has 4 N–H and O–H groups in total. The van der Waals surface area contributed by atoms with E-state index in [4.69, 9.17) is 5.73 Å². The minimum atomic E-state index is -0.690. The van der Waals surface area contributed by atoms with Gasteiger partial charge in [-0.1, -0.05) is 48.5 Å². The molecule has 0 aliphatic heterocycles. The minimum absolute atomic E-state index is 0.0365. The molecule has 0 amide bonds. The summed E-state index contributed by atoms with van der Waals surface area (Å²) in [5.41, 5.74) is 10.5. The van der Waals surface area contributed by atoms with Crippen LogP contribution < -0.4 is 16.2 Å². The Kier molecular flexibility index (Phi) is 8.30. The topological polar surface area (TPSA) is 151 Å². The van der Waals surface area contributed by atoms with Crippen LogP contribution in [0.2, 0.25) is 0 Å². The molecule has 186 valence electrons. The third-order valence-corrected chi connectivity index (χ3v) is 6.84. The number of nitrogens with zero attached hydrogens (tertiary/aromatic N) is 3. The highest BCUT2D eigenvalue weighted by atomic mass is 127. The summed E-state index contributed by atoms with van der Waals surface area (Å²) in [4.78, 5) is 24.4. The predicted molar refractivity (Wildman–Crippen MR) is 155 cm³/mol. The summed E-state index contributed by atoms with van der Waals surface area (Å²) in [6.45, 7) is 0. The van der Waals surface area contributed by atoms with Crippen molar-refractivity contribution in [2.45, 2.75) is 0 Å². The molecule has 37 heavy (non-hydrogen) atoms. The van der Waals surface area contributed by atoms with Gasteiger partial charge in [0.2, 0.25) is 0 Å². The summed E-state index contributed by atoms with van der Waals surface area (Å²) >= 11 is 3.52. The Morgan fingerprint density at radius 1 is 0.973 bits per heavy atom. The second kappa shape index (κ2) is 11.8. The van der Waals surface area contributed by atoms with Gasteiger partial charge < -0.3 is 0 Å². The molecule has 12 heteroatoms. The van der Waals surface area contributed by atoms with Crippen molar-refractivity contribution in [3.63, 3.8) is 0 Å². The number of anilines is 1. The summed E-state index contributed by atoms with van der Waals surface area (Å²) in [6, 6.07) is 24.9. The van der Waals surface area contributed by atoms with E-state index < -0.39 is 15.5 Å². The molecule has 4 aromatic carbocycles. The van der Waals surface area contributed by atoms with E-state index in [9.17, 15) is 20.2 Å². The van der Waals surface area contributed by atoms with Gasteiger partial charge in [-0.05, 0) is 69.6 Å². The van der Waals surface area contributed by atoms with Crippen LogP contribution in [0.1, 0.15) is 5.56 Å². The molecule has 4 aromatic rings. The van der Waals surface area contributed by atoms with Gasteiger partial charge in [-0.2, -0.15) is 5.10 Å². The maximum Gasteiger partial charge on any atom is 0.307 e. The molecule has 0 aromatic heterocycles. The van der Waals surface area contributed by atoms with Gasteiger partial charge in [0.25, 0.3) is 5.69 Å². The fourth-order valence-electron chi connectivity index (χ4n) is 3.48. The van der Waals surface area contributed by atoms with Crippen molar-refractivity contribution in [3.05, 3.63) is 114 Å². The first-order valence-corrected chi connectivity index (χ1v) is 12.9. The number of nitrogens with one attached hydrogen (secondary N) is 2. The number of rotatable bonds is 8. The Bertz CT molecular complexity index is 1540. The van der Waals surface area contributed by atoms with Crippen LogP contribution in [0.25, 0.3) is 10.8 Å². The number of hydrogen-bond donors (Lipinski definition) is 3. The standard InChI is InChI=1S/C25H19IN6O4S/c26-18-10-8-17(9-11-18)23(30-29-22-13-12-19(31(33)34)14-24(22)32(35)36)15-37-25(27)28-21-7-3-5-16-4-1-2-6-20(16)21/h1-14,29H,15H2,(H2,27,28)/p+1. The number of hydrazone groups is 1. The lowest BCUT2D eigenvalue weighted by Crippen LogP contribution is -2.68. The van der Waals surface area contributed by atoms with Gasteiger partial charge in [0.15, 0.2) is 0 Å². The van der Waals surface area contributed by atoms with Gasteiger partial charge in [0.05, 0.1) is 27.4 Å². The predicted octanol–water partition coefficient (Wildman–Crippen LogP) is 4.54. The first-order chi connectivity index (χ1) is 17.8. The van der Waals surface area contributed by atoms with Gasteiger partial charge in [-0.15, -0.1) is 0 Å². The van der Waals surface area contributed by atoms with E-state index in [-0.39, 0.29) is 11.4 Å². The van der Waals surface area contributed by atoms with E-state index in [2.05, 4.69) is 38.1 Å². The zero-order valence-electron chi connectivity index (χ0n) is 19.1. The van der Waals surface area contributed by atoms with E-state index in [1.165, 1.54) is 23.9 Å². The number of nitro groups is 2. The SMILES string of the molecule is NC(=[NH+]c1cccc2ccccc12)SCC(=NNc1ccc([N+](=O)[O-])cc1[N+](=O)[O-])c1ccc(I)cc1. The Morgan fingerprint density at radius 2 is 1.70 bits per heavy atom. The highest BCUT2D eigenvalue weighted by Gasteiger charge is 2.20. The summed E-state index contributed by atoms with van der Waals surface area (Å²) in [5.74, 6) is 0.345. The van der Waals surface area contributed by atoms with Crippen LogP contribution >= 0.6 is 34.4 Å². The van der Waals surface area contributed by atoms with E-state index in [1.54, 1.807) is 0 Å². The van der Waals surface area contributed by atoms with E-state index in [1.807, 2.05) is 66.7 Å². The monoisotopic (exact) mass is 627 g/mol. The molecule has 0 spiro atoms. The van der Waals surface area contributed by atoms with Gasteiger partial charge in [-0.3, -0.25) is 31.4 Å². The molecule has 0 unspecified atom stereocenters. The maximum atomic E-state index is 11.5. The zero-order valence-corrected chi connectivity index (χ0v) is 22.1. The highest BCUT2D eigenvalue weighted by Crippen LogP contribution is 2.29. The Morgan fingerprint density at radius 3 is 2.43 bits per heavy atom. The lowest BCUT2D eigenvalue weighted by Gasteiger charge is -2.08. The van der Waals surface area contributed by atoms with E-state index >= 15 is 0 Å². The van der Waals surface area contributed by atoms with Gasteiger partial charge in [0, 0.05) is 15.0 Å². The van der Waals surface area contributed by atoms with Crippen LogP contribution in [-0.4, -0.2) is 26.5 Å². The quantitative estimate of drug-likeness (QED) is 0.0854. The van der Waals surface area contributed by atoms with Crippen molar-refractivity contribution >= 4 is 78.8 Å². The third kappa shape index (κ3) is 6.59. The number of amidine groups is 1. The number of nitro benzene ring substituents is 2. The summed E-state index contributed by atoms with van der Waals surface area (Å²) in [7, 11) is 0. The fraction of sp³-hybridized carbons (Fsp3) is 0.0400. The second-order valence-corrected chi connectivity index (χ2v) is 9.96. The van der Waals surface area contributed by atoms with Gasteiger partial charge in [-0.25, -0.2) is 4.99 Å². The lowest BCUT2D eigenvalue weighted by atomic mass is 10.1. The number of nitrogens with two attached hydrogens (primary N) is 1.